The number of benzene rings is 1. The molecular formula is C15H21N5. The molecule has 1 aliphatic carbocycles. The first kappa shape index (κ1) is 13.1. The largest absolute Gasteiger partial charge is 0.370 e. The lowest BCUT2D eigenvalue weighted by atomic mass is 9.86. The summed E-state index contributed by atoms with van der Waals surface area (Å²) in [7, 11) is 0. The second-order valence-electron chi connectivity index (χ2n) is 5.54. The lowest BCUT2D eigenvalue weighted by Gasteiger charge is -2.29. The molecular weight excluding hydrogens is 250 g/mol. The highest BCUT2D eigenvalue weighted by Gasteiger charge is 2.23. The normalized spacial score (nSPS) is 25.3. The number of fused-ring (bicyclic) bond motifs is 1. The number of rotatable bonds is 2. The second-order valence-corrected chi connectivity index (χ2v) is 5.54. The summed E-state index contributed by atoms with van der Waals surface area (Å²) in [5.41, 5.74) is 9.88. The Morgan fingerprint density at radius 1 is 1.30 bits per heavy atom. The first-order valence-corrected chi connectivity index (χ1v) is 7.12. The van der Waals surface area contributed by atoms with Gasteiger partial charge in [0, 0.05) is 6.04 Å². The van der Waals surface area contributed by atoms with Crippen LogP contribution in [0.4, 0.5) is 0 Å². The van der Waals surface area contributed by atoms with Gasteiger partial charge < -0.3 is 11.1 Å². The van der Waals surface area contributed by atoms with E-state index in [0.717, 1.165) is 18.7 Å². The van der Waals surface area contributed by atoms with Crippen molar-refractivity contribution in [3.05, 3.63) is 34.9 Å². The van der Waals surface area contributed by atoms with Gasteiger partial charge in [0.15, 0.2) is 12.2 Å². The molecule has 20 heavy (non-hydrogen) atoms. The summed E-state index contributed by atoms with van der Waals surface area (Å²) in [4.78, 5) is 8.76. The van der Waals surface area contributed by atoms with Crippen molar-refractivity contribution in [1.29, 1.82) is 0 Å². The van der Waals surface area contributed by atoms with Gasteiger partial charge in [-0.1, -0.05) is 23.8 Å². The van der Waals surface area contributed by atoms with Crippen molar-refractivity contribution in [2.75, 3.05) is 0 Å². The number of guanidine groups is 1. The molecule has 0 saturated heterocycles. The van der Waals surface area contributed by atoms with Crippen LogP contribution in [0.15, 0.2) is 28.2 Å². The van der Waals surface area contributed by atoms with Gasteiger partial charge in [0.05, 0.1) is 0 Å². The Hall–Kier alpha value is -1.88. The molecule has 0 fully saturated rings. The Morgan fingerprint density at radius 3 is 2.95 bits per heavy atom. The number of nitrogens with one attached hydrogen (secondary N) is 2. The SMILES string of the molecule is CC1=NC(NC2CCCc3ccc(C)cc32)N=C(N)N1. The molecule has 0 bridgehead atoms. The Bertz CT molecular complexity index is 558. The van der Waals surface area contributed by atoms with E-state index in [1.165, 1.54) is 23.1 Å². The number of aryl methyl sites for hydroxylation is 2. The first-order valence-electron chi connectivity index (χ1n) is 7.12. The Morgan fingerprint density at radius 2 is 2.15 bits per heavy atom. The smallest absolute Gasteiger partial charge is 0.199 e. The molecule has 1 aliphatic heterocycles. The van der Waals surface area contributed by atoms with Gasteiger partial charge >= 0.3 is 0 Å². The molecule has 2 unspecified atom stereocenters. The fourth-order valence-corrected chi connectivity index (χ4v) is 2.94. The molecule has 0 radical (unpaired) electrons. The van der Waals surface area contributed by atoms with Crippen molar-refractivity contribution >= 4 is 11.8 Å². The molecule has 1 aromatic rings. The van der Waals surface area contributed by atoms with Crippen molar-refractivity contribution in [3.63, 3.8) is 0 Å². The summed E-state index contributed by atoms with van der Waals surface area (Å²) in [5.74, 6) is 1.23. The van der Waals surface area contributed by atoms with Crippen molar-refractivity contribution in [2.24, 2.45) is 15.7 Å². The summed E-state index contributed by atoms with van der Waals surface area (Å²) < 4.78 is 0. The summed E-state index contributed by atoms with van der Waals surface area (Å²) in [5, 5.41) is 6.42. The van der Waals surface area contributed by atoms with Crippen molar-refractivity contribution in [2.45, 2.75) is 45.4 Å². The van der Waals surface area contributed by atoms with Crippen LogP contribution in [0.5, 0.6) is 0 Å². The zero-order valence-corrected chi connectivity index (χ0v) is 12.0. The summed E-state index contributed by atoms with van der Waals surface area (Å²) in [6, 6.07) is 7.00. The van der Waals surface area contributed by atoms with E-state index in [1.54, 1.807) is 0 Å². The quantitative estimate of drug-likeness (QED) is 0.764. The molecule has 5 nitrogen and oxygen atoms in total. The molecule has 1 heterocycles. The monoisotopic (exact) mass is 271 g/mol. The maximum atomic E-state index is 5.76. The first-order chi connectivity index (χ1) is 9.61. The van der Waals surface area contributed by atoms with Gasteiger partial charge in [-0.2, -0.15) is 0 Å². The van der Waals surface area contributed by atoms with Gasteiger partial charge in [-0.3, -0.25) is 5.32 Å². The van der Waals surface area contributed by atoms with Gasteiger partial charge in [-0.15, -0.1) is 0 Å². The van der Waals surface area contributed by atoms with Gasteiger partial charge in [0.25, 0.3) is 0 Å². The molecule has 106 valence electrons. The minimum Gasteiger partial charge on any atom is -0.370 e. The third-order valence-corrected chi connectivity index (χ3v) is 3.85. The number of nitrogens with two attached hydrogens (primary N) is 1. The molecule has 5 heteroatoms. The van der Waals surface area contributed by atoms with Crippen LogP contribution < -0.4 is 16.4 Å². The zero-order valence-electron chi connectivity index (χ0n) is 12.0. The van der Waals surface area contributed by atoms with E-state index in [4.69, 9.17) is 5.73 Å². The molecule has 0 aromatic heterocycles. The van der Waals surface area contributed by atoms with Crippen LogP contribution in [0.3, 0.4) is 0 Å². The predicted molar refractivity (Wildman–Crippen MR) is 81.6 cm³/mol. The Labute approximate surface area is 119 Å². The third kappa shape index (κ3) is 2.67. The van der Waals surface area contributed by atoms with E-state index >= 15 is 0 Å². The van der Waals surface area contributed by atoms with Crippen LogP contribution in [0.1, 0.15) is 42.5 Å². The van der Waals surface area contributed by atoms with Crippen LogP contribution in [-0.4, -0.2) is 18.1 Å². The number of hydrogen-bond donors (Lipinski definition) is 3. The predicted octanol–water partition coefficient (Wildman–Crippen LogP) is 1.58. The van der Waals surface area contributed by atoms with Crippen LogP contribution >= 0.6 is 0 Å². The second kappa shape index (κ2) is 5.25. The number of nitrogens with zero attached hydrogens (tertiary/aromatic N) is 2. The Balaban J connectivity index is 1.83. The maximum Gasteiger partial charge on any atom is 0.199 e. The minimum absolute atomic E-state index is 0.285. The third-order valence-electron chi connectivity index (χ3n) is 3.85. The molecule has 0 amide bonds. The molecule has 1 aromatic carbocycles. The maximum absolute atomic E-state index is 5.76. The number of hydrogen-bond acceptors (Lipinski definition) is 5. The summed E-state index contributed by atoms with van der Waals surface area (Å²) in [6.07, 6.45) is 3.19. The fraction of sp³-hybridized carbons (Fsp3) is 0.467. The molecule has 0 spiro atoms. The molecule has 0 saturated carbocycles. The van der Waals surface area contributed by atoms with Gasteiger partial charge in [-0.25, -0.2) is 9.98 Å². The molecule has 3 rings (SSSR count). The standard InChI is InChI=1S/C15H21N5/c1-9-6-7-11-4-3-5-13(12(11)8-9)19-15-18-10(2)17-14(16)20-15/h6-8,13,15,19H,3-5H2,1-2H3,(H3,16,17,18,20). The average molecular weight is 271 g/mol. The minimum atomic E-state index is -0.285. The highest BCUT2D eigenvalue weighted by molar-refractivity contribution is 5.99. The van der Waals surface area contributed by atoms with Crippen molar-refractivity contribution < 1.29 is 0 Å². The van der Waals surface area contributed by atoms with Crippen molar-refractivity contribution in [3.8, 4) is 0 Å². The molecule has 2 atom stereocenters. The van der Waals surface area contributed by atoms with E-state index in [1.807, 2.05) is 6.92 Å². The van der Waals surface area contributed by atoms with Crippen LogP contribution in [0.25, 0.3) is 0 Å². The topological polar surface area (TPSA) is 74.8 Å². The fourth-order valence-electron chi connectivity index (χ4n) is 2.94. The van der Waals surface area contributed by atoms with Crippen molar-refractivity contribution in [1.82, 2.24) is 10.6 Å². The van der Waals surface area contributed by atoms with Gasteiger partial charge in [-0.05, 0) is 44.2 Å². The lowest BCUT2D eigenvalue weighted by Crippen LogP contribution is -2.44. The van der Waals surface area contributed by atoms with Crippen LogP contribution in [-0.2, 0) is 6.42 Å². The van der Waals surface area contributed by atoms with E-state index in [-0.39, 0.29) is 6.29 Å². The molecule has 2 aliphatic rings. The lowest BCUT2D eigenvalue weighted by molar-refractivity contribution is 0.405. The summed E-state index contributed by atoms with van der Waals surface area (Å²) >= 11 is 0. The van der Waals surface area contributed by atoms with E-state index in [0.29, 0.717) is 12.0 Å². The highest BCUT2D eigenvalue weighted by Crippen LogP contribution is 2.31. The van der Waals surface area contributed by atoms with E-state index in [9.17, 15) is 0 Å². The number of amidine groups is 1. The van der Waals surface area contributed by atoms with Crippen LogP contribution in [0.2, 0.25) is 0 Å². The average Bonchev–Trinajstić information content (AvgIpc) is 2.38. The van der Waals surface area contributed by atoms with Crippen LogP contribution in [0, 0.1) is 6.92 Å². The Kier molecular flexibility index (Phi) is 3.44. The number of aliphatic imine (C=N–C) groups is 2. The van der Waals surface area contributed by atoms with Gasteiger partial charge in [0.2, 0.25) is 0 Å². The van der Waals surface area contributed by atoms with E-state index < -0.39 is 0 Å². The zero-order chi connectivity index (χ0) is 14.1. The molecule has 4 N–H and O–H groups in total. The highest BCUT2D eigenvalue weighted by atomic mass is 15.3. The summed E-state index contributed by atoms with van der Waals surface area (Å²) in [6.45, 7) is 4.03. The van der Waals surface area contributed by atoms with E-state index in [2.05, 4.69) is 45.7 Å². The van der Waals surface area contributed by atoms with Gasteiger partial charge in [0.1, 0.15) is 5.84 Å².